The highest BCUT2D eigenvalue weighted by Gasteiger charge is 2.30. The van der Waals surface area contributed by atoms with Gasteiger partial charge < -0.3 is 5.32 Å². The highest BCUT2D eigenvalue weighted by Crippen LogP contribution is 2.23. The van der Waals surface area contributed by atoms with Crippen molar-refractivity contribution in [1.29, 1.82) is 0 Å². The van der Waals surface area contributed by atoms with Crippen LogP contribution in [0.25, 0.3) is 10.9 Å². The number of aryl methyl sites for hydroxylation is 1. The number of aromatic amines is 1. The van der Waals surface area contributed by atoms with Crippen LogP contribution in [0.5, 0.6) is 0 Å². The van der Waals surface area contributed by atoms with E-state index >= 15 is 0 Å². The standard InChI is InChI=1S/C15H20N4O3S/c1-10-13-6-5-12(8-14(13)18-17-10)16-15(20)11-4-3-7-19(9-11)23(2,21)22/h5-6,8,11H,3-4,7,9H2,1-2H3,(H,16,20)(H,17,18). The summed E-state index contributed by atoms with van der Waals surface area (Å²) < 4.78 is 24.7. The fraction of sp³-hybridized carbons (Fsp3) is 0.467. The number of rotatable bonds is 3. The van der Waals surface area contributed by atoms with E-state index in [1.165, 1.54) is 10.6 Å². The Morgan fingerprint density at radius 2 is 2.22 bits per heavy atom. The van der Waals surface area contributed by atoms with Crippen molar-refractivity contribution >= 4 is 32.5 Å². The van der Waals surface area contributed by atoms with Gasteiger partial charge in [-0.25, -0.2) is 12.7 Å². The molecule has 0 saturated carbocycles. The number of anilines is 1. The van der Waals surface area contributed by atoms with E-state index in [0.717, 1.165) is 16.6 Å². The second kappa shape index (κ2) is 5.93. The average molecular weight is 336 g/mol. The molecule has 0 bridgehead atoms. The molecule has 1 amide bonds. The Morgan fingerprint density at radius 3 is 2.96 bits per heavy atom. The Bertz CT molecular complexity index is 844. The molecule has 1 fully saturated rings. The van der Waals surface area contributed by atoms with Crippen molar-refractivity contribution in [2.75, 3.05) is 24.7 Å². The first-order valence-electron chi connectivity index (χ1n) is 7.55. The van der Waals surface area contributed by atoms with Crippen molar-refractivity contribution in [1.82, 2.24) is 14.5 Å². The molecule has 0 spiro atoms. The summed E-state index contributed by atoms with van der Waals surface area (Å²) in [6.07, 6.45) is 2.57. The lowest BCUT2D eigenvalue weighted by molar-refractivity contribution is -0.120. The van der Waals surface area contributed by atoms with Crippen molar-refractivity contribution < 1.29 is 13.2 Å². The summed E-state index contributed by atoms with van der Waals surface area (Å²) in [4.78, 5) is 12.4. The van der Waals surface area contributed by atoms with Crippen LogP contribution in [0.2, 0.25) is 0 Å². The van der Waals surface area contributed by atoms with Gasteiger partial charge in [-0.2, -0.15) is 5.10 Å². The zero-order valence-corrected chi connectivity index (χ0v) is 14.0. The molecule has 0 radical (unpaired) electrons. The lowest BCUT2D eigenvalue weighted by Crippen LogP contribution is -2.43. The van der Waals surface area contributed by atoms with E-state index in [9.17, 15) is 13.2 Å². The number of carbonyl (C=O) groups is 1. The molecule has 1 unspecified atom stereocenters. The number of sulfonamides is 1. The molecule has 2 heterocycles. The molecule has 0 aliphatic carbocycles. The highest BCUT2D eigenvalue weighted by atomic mass is 32.2. The quantitative estimate of drug-likeness (QED) is 0.887. The van der Waals surface area contributed by atoms with Gasteiger partial charge in [0.15, 0.2) is 0 Å². The second-order valence-electron chi connectivity index (χ2n) is 6.03. The van der Waals surface area contributed by atoms with E-state index in [4.69, 9.17) is 0 Å². The molecule has 1 saturated heterocycles. The van der Waals surface area contributed by atoms with E-state index in [1.807, 2.05) is 25.1 Å². The fourth-order valence-electron chi connectivity index (χ4n) is 2.93. The van der Waals surface area contributed by atoms with Crippen LogP contribution in [0, 0.1) is 12.8 Å². The Hall–Kier alpha value is -1.93. The minimum Gasteiger partial charge on any atom is -0.326 e. The van der Waals surface area contributed by atoms with Crippen molar-refractivity contribution in [3.63, 3.8) is 0 Å². The molecule has 1 atom stereocenters. The first kappa shape index (κ1) is 15.9. The maximum Gasteiger partial charge on any atom is 0.228 e. The SMILES string of the molecule is Cc1[nH]nc2cc(NC(=O)C3CCCN(S(C)(=O)=O)C3)ccc12. The molecule has 1 aromatic carbocycles. The number of benzene rings is 1. The number of fused-ring (bicyclic) bond motifs is 1. The Kier molecular flexibility index (Phi) is 4.11. The third-order valence-corrected chi connectivity index (χ3v) is 5.51. The number of nitrogens with one attached hydrogen (secondary N) is 2. The average Bonchev–Trinajstić information content (AvgIpc) is 2.87. The highest BCUT2D eigenvalue weighted by molar-refractivity contribution is 7.88. The summed E-state index contributed by atoms with van der Waals surface area (Å²) >= 11 is 0. The molecule has 124 valence electrons. The van der Waals surface area contributed by atoms with E-state index in [2.05, 4.69) is 15.5 Å². The first-order valence-corrected chi connectivity index (χ1v) is 9.40. The largest absolute Gasteiger partial charge is 0.326 e. The number of amides is 1. The molecule has 1 aliphatic rings. The molecule has 7 nitrogen and oxygen atoms in total. The molecular weight excluding hydrogens is 316 g/mol. The molecule has 2 N–H and O–H groups in total. The van der Waals surface area contributed by atoms with Crippen LogP contribution in [0.3, 0.4) is 0 Å². The first-order chi connectivity index (χ1) is 10.8. The van der Waals surface area contributed by atoms with Gasteiger partial charge in [0.05, 0.1) is 17.7 Å². The summed E-state index contributed by atoms with van der Waals surface area (Å²) in [5.41, 5.74) is 2.45. The van der Waals surface area contributed by atoms with Gasteiger partial charge >= 0.3 is 0 Å². The number of hydrogen-bond acceptors (Lipinski definition) is 4. The van der Waals surface area contributed by atoms with Gasteiger partial charge in [-0.3, -0.25) is 9.89 Å². The van der Waals surface area contributed by atoms with Gasteiger partial charge in [0.1, 0.15) is 0 Å². The van der Waals surface area contributed by atoms with Crippen LogP contribution in [-0.4, -0.2) is 48.2 Å². The summed E-state index contributed by atoms with van der Waals surface area (Å²) in [6.45, 7) is 2.67. The predicted octanol–water partition coefficient (Wildman–Crippen LogP) is 1.48. The number of hydrogen-bond donors (Lipinski definition) is 2. The molecule has 3 rings (SSSR count). The number of piperidine rings is 1. The fourth-order valence-corrected chi connectivity index (χ4v) is 3.84. The zero-order valence-electron chi connectivity index (χ0n) is 13.2. The Balaban J connectivity index is 1.72. The van der Waals surface area contributed by atoms with Crippen LogP contribution in [0.4, 0.5) is 5.69 Å². The molecule has 23 heavy (non-hydrogen) atoms. The normalized spacial score (nSPS) is 19.8. The lowest BCUT2D eigenvalue weighted by Gasteiger charge is -2.30. The maximum atomic E-state index is 12.4. The number of aromatic nitrogens is 2. The van der Waals surface area contributed by atoms with Crippen molar-refractivity contribution in [2.24, 2.45) is 5.92 Å². The van der Waals surface area contributed by atoms with Gasteiger partial charge in [0.25, 0.3) is 0 Å². The summed E-state index contributed by atoms with van der Waals surface area (Å²) in [5, 5.41) is 11.0. The van der Waals surface area contributed by atoms with Gasteiger partial charge in [-0.1, -0.05) is 0 Å². The van der Waals surface area contributed by atoms with Crippen LogP contribution < -0.4 is 5.32 Å². The third kappa shape index (κ3) is 3.37. The Morgan fingerprint density at radius 1 is 1.43 bits per heavy atom. The number of H-pyrrole nitrogens is 1. The van der Waals surface area contributed by atoms with Gasteiger partial charge in [0.2, 0.25) is 15.9 Å². The number of carbonyl (C=O) groups excluding carboxylic acids is 1. The van der Waals surface area contributed by atoms with Crippen LogP contribution >= 0.6 is 0 Å². The lowest BCUT2D eigenvalue weighted by atomic mass is 9.98. The molecule has 1 aliphatic heterocycles. The van der Waals surface area contributed by atoms with Gasteiger partial charge in [0, 0.05) is 29.9 Å². The molecule has 1 aromatic heterocycles. The van der Waals surface area contributed by atoms with E-state index < -0.39 is 10.0 Å². The van der Waals surface area contributed by atoms with Crippen LogP contribution in [-0.2, 0) is 14.8 Å². The monoisotopic (exact) mass is 336 g/mol. The summed E-state index contributed by atoms with van der Waals surface area (Å²) in [7, 11) is -3.25. The summed E-state index contributed by atoms with van der Waals surface area (Å²) in [6, 6.07) is 5.56. The Labute approximate surface area is 135 Å². The van der Waals surface area contributed by atoms with Crippen LogP contribution in [0.1, 0.15) is 18.5 Å². The van der Waals surface area contributed by atoms with Crippen molar-refractivity contribution in [3.05, 3.63) is 23.9 Å². The molecule has 8 heteroatoms. The van der Waals surface area contributed by atoms with Crippen molar-refractivity contribution in [2.45, 2.75) is 19.8 Å². The van der Waals surface area contributed by atoms with E-state index in [-0.39, 0.29) is 18.4 Å². The molecule has 2 aromatic rings. The zero-order chi connectivity index (χ0) is 16.6. The van der Waals surface area contributed by atoms with E-state index in [0.29, 0.717) is 25.1 Å². The third-order valence-electron chi connectivity index (χ3n) is 4.24. The van der Waals surface area contributed by atoms with Gasteiger partial charge in [-0.15, -0.1) is 0 Å². The predicted molar refractivity (Wildman–Crippen MR) is 88.6 cm³/mol. The minimum absolute atomic E-state index is 0.148. The number of nitrogens with zero attached hydrogens (tertiary/aromatic N) is 2. The smallest absolute Gasteiger partial charge is 0.228 e. The summed E-state index contributed by atoms with van der Waals surface area (Å²) in [5.74, 6) is -0.472. The second-order valence-corrected chi connectivity index (χ2v) is 8.01. The van der Waals surface area contributed by atoms with Crippen molar-refractivity contribution in [3.8, 4) is 0 Å². The topological polar surface area (TPSA) is 95.2 Å². The van der Waals surface area contributed by atoms with Gasteiger partial charge in [-0.05, 0) is 38.0 Å². The van der Waals surface area contributed by atoms with Crippen LogP contribution in [0.15, 0.2) is 18.2 Å². The minimum atomic E-state index is -3.25. The molecular formula is C15H20N4O3S. The van der Waals surface area contributed by atoms with E-state index in [1.54, 1.807) is 0 Å². The maximum absolute atomic E-state index is 12.4.